The molecule has 3 heterocycles. The predicted octanol–water partition coefficient (Wildman–Crippen LogP) is 1.18. The third-order valence-corrected chi connectivity index (χ3v) is 7.47. The molecule has 5 unspecified atom stereocenters. The molecule has 3 N–H and O–H groups in total. The van der Waals surface area contributed by atoms with Crippen molar-refractivity contribution >= 4 is 5.82 Å². The molecule has 2 saturated heterocycles. The maximum absolute atomic E-state index is 14.7. The standard InChI is InChI=1S/C22H35FN6O2/c1-22(3-4-22)31-19-11-15-17(12-16(19)23)26-27-21(15)18-13-20(25-14-24-18)29-8-6-28(7-9-29)5-2-10-30/h13-17,19,21,26-27,30H,2-12H2,1H3. The zero-order valence-electron chi connectivity index (χ0n) is 18.3. The smallest absolute Gasteiger partial charge is 0.132 e. The zero-order chi connectivity index (χ0) is 21.4. The molecule has 8 nitrogen and oxygen atoms in total. The van der Waals surface area contributed by atoms with Crippen LogP contribution in [0.1, 0.15) is 50.8 Å². The van der Waals surface area contributed by atoms with Crippen molar-refractivity contribution in [2.75, 3.05) is 44.2 Å². The van der Waals surface area contributed by atoms with Gasteiger partial charge in [-0.1, -0.05) is 0 Å². The number of alkyl halides is 1. The summed E-state index contributed by atoms with van der Waals surface area (Å²) in [4.78, 5) is 13.8. The van der Waals surface area contributed by atoms with Gasteiger partial charge in [-0.05, 0) is 39.0 Å². The van der Waals surface area contributed by atoms with Gasteiger partial charge >= 0.3 is 0 Å². The second-order valence-electron chi connectivity index (χ2n) is 9.84. The van der Waals surface area contributed by atoms with E-state index in [1.807, 2.05) is 0 Å². The van der Waals surface area contributed by atoms with Gasteiger partial charge in [-0.15, -0.1) is 0 Å². The number of aliphatic hydroxyl groups excluding tert-OH is 1. The Morgan fingerprint density at radius 1 is 1.19 bits per heavy atom. The molecule has 172 valence electrons. The van der Waals surface area contributed by atoms with Gasteiger partial charge in [0.05, 0.1) is 23.4 Å². The van der Waals surface area contributed by atoms with Crippen LogP contribution in [0.25, 0.3) is 0 Å². The number of aliphatic hydroxyl groups is 1. The van der Waals surface area contributed by atoms with Gasteiger partial charge in [0.15, 0.2) is 0 Å². The molecule has 4 aliphatic rings. The lowest BCUT2D eigenvalue weighted by atomic mass is 9.78. The highest BCUT2D eigenvalue weighted by atomic mass is 19.1. The molecule has 1 aromatic rings. The SMILES string of the molecule is CC1(OC2CC3C(CC2F)NNC3c2cc(N3CCN(CCCO)CC3)ncn2)CC1. The summed E-state index contributed by atoms with van der Waals surface area (Å²) in [5.74, 6) is 1.20. The molecule has 2 aliphatic carbocycles. The van der Waals surface area contributed by atoms with Crippen LogP contribution >= 0.6 is 0 Å². The molecule has 0 bridgehead atoms. The number of hydrazine groups is 1. The highest BCUT2D eigenvalue weighted by molar-refractivity contribution is 5.40. The van der Waals surface area contributed by atoms with Crippen molar-refractivity contribution in [2.24, 2.45) is 5.92 Å². The summed E-state index contributed by atoms with van der Waals surface area (Å²) >= 11 is 0. The molecular weight excluding hydrogens is 399 g/mol. The lowest BCUT2D eigenvalue weighted by Gasteiger charge is -2.37. The first-order valence-corrected chi connectivity index (χ1v) is 11.8. The number of halogens is 1. The normalized spacial score (nSPS) is 35.2. The topological polar surface area (TPSA) is 85.8 Å². The van der Waals surface area contributed by atoms with Crippen molar-refractivity contribution in [1.82, 2.24) is 25.7 Å². The van der Waals surface area contributed by atoms with Crippen molar-refractivity contribution < 1.29 is 14.2 Å². The lowest BCUT2D eigenvalue weighted by Crippen LogP contribution is -2.47. The van der Waals surface area contributed by atoms with E-state index in [0.717, 1.165) is 63.5 Å². The molecule has 5 rings (SSSR count). The molecular formula is C22H35FN6O2. The molecule has 2 aliphatic heterocycles. The molecule has 4 fully saturated rings. The Kier molecular flexibility index (Phi) is 6.13. The fourth-order valence-electron chi connectivity index (χ4n) is 5.26. The van der Waals surface area contributed by atoms with Crippen LogP contribution in [-0.4, -0.2) is 83.2 Å². The first-order chi connectivity index (χ1) is 15.0. The Hall–Kier alpha value is -1.39. The lowest BCUT2D eigenvalue weighted by molar-refractivity contribution is -0.0886. The molecule has 0 spiro atoms. The Bertz CT molecular complexity index is 757. The molecule has 0 amide bonds. The summed E-state index contributed by atoms with van der Waals surface area (Å²) in [6.45, 7) is 7.07. The molecule has 0 radical (unpaired) electrons. The molecule has 9 heteroatoms. The maximum Gasteiger partial charge on any atom is 0.132 e. The monoisotopic (exact) mass is 434 g/mol. The third kappa shape index (κ3) is 4.71. The van der Waals surface area contributed by atoms with E-state index in [4.69, 9.17) is 9.84 Å². The van der Waals surface area contributed by atoms with Crippen molar-refractivity contribution in [2.45, 2.75) is 69.0 Å². The zero-order valence-corrected chi connectivity index (χ0v) is 18.3. The number of hydrogen-bond acceptors (Lipinski definition) is 8. The second kappa shape index (κ2) is 8.86. The van der Waals surface area contributed by atoms with E-state index in [0.29, 0.717) is 12.8 Å². The van der Waals surface area contributed by atoms with Crippen molar-refractivity contribution in [1.29, 1.82) is 0 Å². The van der Waals surface area contributed by atoms with E-state index in [-0.39, 0.29) is 36.3 Å². The summed E-state index contributed by atoms with van der Waals surface area (Å²) in [6.07, 6.45) is 4.47. The third-order valence-electron chi connectivity index (χ3n) is 7.47. The number of ether oxygens (including phenoxy) is 1. The van der Waals surface area contributed by atoms with Gasteiger partial charge in [0.25, 0.3) is 0 Å². The highest BCUT2D eigenvalue weighted by Crippen LogP contribution is 2.45. The van der Waals surface area contributed by atoms with Gasteiger partial charge in [0.2, 0.25) is 0 Å². The minimum Gasteiger partial charge on any atom is -0.396 e. The Morgan fingerprint density at radius 3 is 2.74 bits per heavy atom. The molecule has 5 atom stereocenters. The van der Waals surface area contributed by atoms with Crippen molar-refractivity contribution in [3.05, 3.63) is 18.1 Å². The van der Waals surface area contributed by atoms with E-state index >= 15 is 0 Å². The van der Waals surface area contributed by atoms with E-state index in [2.05, 4.69) is 43.6 Å². The van der Waals surface area contributed by atoms with Gasteiger partial charge < -0.3 is 14.7 Å². The van der Waals surface area contributed by atoms with Crippen LogP contribution in [0, 0.1) is 5.92 Å². The van der Waals surface area contributed by atoms with E-state index in [1.54, 1.807) is 6.33 Å². The van der Waals surface area contributed by atoms with Crippen LogP contribution in [0.4, 0.5) is 10.2 Å². The summed E-state index contributed by atoms with van der Waals surface area (Å²) in [5.41, 5.74) is 7.54. The average Bonchev–Trinajstić information content (AvgIpc) is 3.37. The Balaban J connectivity index is 1.24. The molecule has 0 aromatic carbocycles. The number of anilines is 1. The van der Waals surface area contributed by atoms with Crippen LogP contribution in [0.15, 0.2) is 12.4 Å². The van der Waals surface area contributed by atoms with E-state index in [1.165, 1.54) is 0 Å². The summed E-state index contributed by atoms with van der Waals surface area (Å²) in [5, 5.41) is 9.04. The molecule has 2 saturated carbocycles. The summed E-state index contributed by atoms with van der Waals surface area (Å²) < 4.78 is 20.9. The molecule has 31 heavy (non-hydrogen) atoms. The average molecular weight is 435 g/mol. The highest BCUT2D eigenvalue weighted by Gasteiger charge is 2.50. The quantitative estimate of drug-likeness (QED) is 0.590. The van der Waals surface area contributed by atoms with Gasteiger partial charge in [-0.3, -0.25) is 10.3 Å². The number of piperazine rings is 1. The number of nitrogens with one attached hydrogen (secondary N) is 2. The number of aromatic nitrogens is 2. The fourth-order valence-corrected chi connectivity index (χ4v) is 5.26. The van der Waals surface area contributed by atoms with Gasteiger partial charge in [-0.2, -0.15) is 0 Å². The fraction of sp³-hybridized carbons (Fsp3) is 0.818. The van der Waals surface area contributed by atoms with Crippen LogP contribution < -0.4 is 15.8 Å². The minimum absolute atomic E-state index is 0.0307. The van der Waals surface area contributed by atoms with Crippen LogP contribution in [0.3, 0.4) is 0 Å². The Labute approximate surface area is 183 Å². The summed E-state index contributed by atoms with van der Waals surface area (Å²) in [6, 6.07) is 2.22. The number of rotatable bonds is 7. The van der Waals surface area contributed by atoms with E-state index < -0.39 is 6.17 Å². The van der Waals surface area contributed by atoms with E-state index in [9.17, 15) is 4.39 Å². The minimum atomic E-state index is -0.921. The van der Waals surface area contributed by atoms with Crippen LogP contribution in [0.2, 0.25) is 0 Å². The summed E-state index contributed by atoms with van der Waals surface area (Å²) in [7, 11) is 0. The first kappa shape index (κ1) is 21.5. The van der Waals surface area contributed by atoms with Crippen molar-refractivity contribution in [3.63, 3.8) is 0 Å². The largest absolute Gasteiger partial charge is 0.396 e. The maximum atomic E-state index is 14.7. The van der Waals surface area contributed by atoms with Crippen molar-refractivity contribution in [3.8, 4) is 0 Å². The van der Waals surface area contributed by atoms with Gasteiger partial charge in [0, 0.05) is 57.4 Å². The first-order valence-electron chi connectivity index (χ1n) is 11.8. The van der Waals surface area contributed by atoms with Crippen LogP contribution in [0.5, 0.6) is 0 Å². The number of nitrogens with zero attached hydrogens (tertiary/aromatic N) is 4. The van der Waals surface area contributed by atoms with Gasteiger partial charge in [0.1, 0.15) is 18.3 Å². The van der Waals surface area contributed by atoms with Crippen LogP contribution in [-0.2, 0) is 4.74 Å². The number of fused-ring (bicyclic) bond motifs is 1. The number of hydrogen-bond donors (Lipinski definition) is 3. The van der Waals surface area contributed by atoms with Gasteiger partial charge in [-0.25, -0.2) is 19.8 Å². The predicted molar refractivity (Wildman–Crippen MR) is 115 cm³/mol. The Morgan fingerprint density at radius 2 is 2.00 bits per heavy atom. The second-order valence-corrected chi connectivity index (χ2v) is 9.84. The molecule has 1 aromatic heterocycles.